The van der Waals surface area contributed by atoms with Crippen LogP contribution in [0.1, 0.15) is 11.4 Å². The zero-order chi connectivity index (χ0) is 16.6. The van der Waals surface area contributed by atoms with Gasteiger partial charge in [0.05, 0.1) is 5.92 Å². The molecule has 3 rings (SSSR count). The highest BCUT2D eigenvalue weighted by molar-refractivity contribution is 7.15. The number of anilines is 2. The van der Waals surface area contributed by atoms with E-state index in [1.807, 2.05) is 0 Å². The summed E-state index contributed by atoms with van der Waals surface area (Å²) in [6.07, 6.45) is 0.133. The first-order valence-corrected chi connectivity index (χ1v) is 8.37. The fraction of sp³-hybridized carbons (Fsp3) is 0.286. The van der Waals surface area contributed by atoms with E-state index in [4.69, 9.17) is 23.2 Å². The van der Waals surface area contributed by atoms with Crippen LogP contribution in [-0.2, 0) is 9.59 Å². The molecule has 9 heteroatoms. The van der Waals surface area contributed by atoms with Crippen LogP contribution < -0.4 is 10.2 Å². The predicted molar refractivity (Wildman–Crippen MR) is 90.2 cm³/mol. The van der Waals surface area contributed by atoms with E-state index >= 15 is 0 Å². The van der Waals surface area contributed by atoms with E-state index < -0.39 is 5.92 Å². The van der Waals surface area contributed by atoms with Crippen molar-refractivity contribution < 1.29 is 9.59 Å². The Labute approximate surface area is 146 Å². The van der Waals surface area contributed by atoms with Crippen LogP contribution in [0.5, 0.6) is 0 Å². The highest BCUT2D eigenvalue weighted by Crippen LogP contribution is 2.30. The van der Waals surface area contributed by atoms with Crippen LogP contribution in [0, 0.1) is 12.8 Å². The van der Waals surface area contributed by atoms with Crippen molar-refractivity contribution in [1.82, 2.24) is 10.2 Å². The van der Waals surface area contributed by atoms with Gasteiger partial charge < -0.3 is 10.2 Å². The van der Waals surface area contributed by atoms with Gasteiger partial charge in [-0.3, -0.25) is 9.59 Å². The van der Waals surface area contributed by atoms with Gasteiger partial charge in [-0.1, -0.05) is 34.5 Å². The molecule has 1 aromatic carbocycles. The van der Waals surface area contributed by atoms with Crippen molar-refractivity contribution in [1.29, 1.82) is 0 Å². The molecule has 0 bridgehead atoms. The van der Waals surface area contributed by atoms with Gasteiger partial charge in [0.2, 0.25) is 16.9 Å². The summed E-state index contributed by atoms with van der Waals surface area (Å²) in [4.78, 5) is 26.0. The second kappa shape index (κ2) is 6.43. The average molecular weight is 371 g/mol. The molecule has 2 aromatic rings. The van der Waals surface area contributed by atoms with Gasteiger partial charge in [0.15, 0.2) is 0 Å². The van der Waals surface area contributed by atoms with Crippen molar-refractivity contribution in [2.75, 3.05) is 16.8 Å². The molecule has 23 heavy (non-hydrogen) atoms. The first-order chi connectivity index (χ1) is 10.9. The molecule has 1 N–H and O–H groups in total. The highest BCUT2D eigenvalue weighted by Gasteiger charge is 2.35. The molecule has 1 aromatic heterocycles. The minimum absolute atomic E-state index is 0.133. The van der Waals surface area contributed by atoms with Gasteiger partial charge in [-0.15, -0.1) is 10.2 Å². The molecule has 120 valence electrons. The zero-order valence-electron chi connectivity index (χ0n) is 12.0. The van der Waals surface area contributed by atoms with Crippen LogP contribution in [0.25, 0.3) is 0 Å². The number of hydrogen-bond acceptors (Lipinski definition) is 5. The number of rotatable bonds is 3. The Balaban J connectivity index is 1.72. The molecule has 1 atom stereocenters. The van der Waals surface area contributed by atoms with Crippen molar-refractivity contribution in [2.45, 2.75) is 13.3 Å². The van der Waals surface area contributed by atoms with Gasteiger partial charge in [-0.2, -0.15) is 0 Å². The number of carbonyl (C=O) groups excluding carboxylic acids is 2. The number of nitrogens with one attached hydrogen (secondary N) is 1. The number of hydrogen-bond donors (Lipinski definition) is 1. The topological polar surface area (TPSA) is 75.2 Å². The van der Waals surface area contributed by atoms with Crippen LogP contribution in [0.4, 0.5) is 10.8 Å². The standard InChI is InChI=1S/C14H12Cl2N4O2S/c1-7-18-19-14(23-7)17-13(22)8-2-12(21)20(6-8)11-4-9(15)3-10(16)5-11/h3-5,8H,2,6H2,1H3,(H,17,19,22)/t8-/m1/s1. The zero-order valence-corrected chi connectivity index (χ0v) is 14.4. The van der Waals surface area contributed by atoms with Crippen molar-refractivity contribution in [2.24, 2.45) is 5.92 Å². The molecule has 0 aliphatic carbocycles. The first kappa shape index (κ1) is 16.2. The van der Waals surface area contributed by atoms with Gasteiger partial charge in [0.1, 0.15) is 5.01 Å². The molecular weight excluding hydrogens is 359 g/mol. The fourth-order valence-electron chi connectivity index (χ4n) is 2.38. The van der Waals surface area contributed by atoms with Gasteiger partial charge in [-0.05, 0) is 25.1 Å². The molecule has 0 saturated carbocycles. The number of carbonyl (C=O) groups is 2. The minimum Gasteiger partial charge on any atom is -0.311 e. The fourth-order valence-corrected chi connectivity index (χ4v) is 3.49. The van der Waals surface area contributed by atoms with E-state index in [2.05, 4.69) is 15.5 Å². The van der Waals surface area contributed by atoms with Crippen molar-refractivity contribution >= 4 is 57.2 Å². The second-order valence-corrected chi connectivity index (χ2v) is 7.20. The first-order valence-electron chi connectivity index (χ1n) is 6.80. The van der Waals surface area contributed by atoms with E-state index in [1.54, 1.807) is 25.1 Å². The molecule has 1 aliphatic heterocycles. The summed E-state index contributed by atoms with van der Waals surface area (Å²) in [5.74, 6) is -0.841. The molecule has 0 radical (unpaired) electrons. The lowest BCUT2D eigenvalue weighted by Crippen LogP contribution is -2.28. The monoisotopic (exact) mass is 370 g/mol. The van der Waals surface area contributed by atoms with Crippen LogP contribution in [0.3, 0.4) is 0 Å². The number of nitrogens with zero attached hydrogens (tertiary/aromatic N) is 3. The van der Waals surface area contributed by atoms with Gasteiger partial charge in [0, 0.05) is 28.7 Å². The smallest absolute Gasteiger partial charge is 0.231 e. The summed E-state index contributed by atoms with van der Waals surface area (Å²) in [5, 5.41) is 12.5. The molecule has 0 unspecified atom stereocenters. The lowest BCUT2D eigenvalue weighted by molar-refractivity contribution is -0.122. The van der Waals surface area contributed by atoms with E-state index in [-0.39, 0.29) is 24.8 Å². The van der Waals surface area contributed by atoms with Gasteiger partial charge in [0.25, 0.3) is 0 Å². The lowest BCUT2D eigenvalue weighted by Gasteiger charge is -2.17. The molecular formula is C14H12Cl2N4O2S. The molecule has 0 spiro atoms. The van der Waals surface area contributed by atoms with Crippen molar-refractivity contribution in [3.05, 3.63) is 33.3 Å². The second-order valence-electron chi connectivity index (χ2n) is 5.15. The molecule has 1 aliphatic rings. The number of halogens is 2. The van der Waals surface area contributed by atoms with Crippen LogP contribution in [-0.4, -0.2) is 28.6 Å². The van der Waals surface area contributed by atoms with E-state index in [1.165, 1.54) is 16.2 Å². The average Bonchev–Trinajstić information content (AvgIpc) is 3.04. The summed E-state index contributed by atoms with van der Waals surface area (Å²) in [5.41, 5.74) is 0.592. The molecule has 2 amide bonds. The number of aryl methyl sites for hydroxylation is 1. The molecule has 1 fully saturated rings. The summed E-state index contributed by atoms with van der Waals surface area (Å²) in [6, 6.07) is 4.90. The van der Waals surface area contributed by atoms with Crippen LogP contribution >= 0.6 is 34.5 Å². The normalized spacial score (nSPS) is 17.6. The summed E-state index contributed by atoms with van der Waals surface area (Å²) in [6.45, 7) is 2.08. The van der Waals surface area contributed by atoms with E-state index in [0.29, 0.717) is 20.9 Å². The number of aromatic nitrogens is 2. The Hall–Kier alpha value is -1.70. The van der Waals surface area contributed by atoms with E-state index in [9.17, 15) is 9.59 Å². The summed E-state index contributed by atoms with van der Waals surface area (Å²) < 4.78 is 0. The maximum Gasteiger partial charge on any atom is 0.231 e. The maximum atomic E-state index is 12.3. The third kappa shape index (κ3) is 3.63. The SMILES string of the molecule is Cc1nnc(NC(=O)[C@@H]2CC(=O)N(c3cc(Cl)cc(Cl)c3)C2)s1. The molecule has 2 heterocycles. The summed E-state index contributed by atoms with van der Waals surface area (Å²) >= 11 is 13.2. The van der Waals surface area contributed by atoms with Crippen molar-refractivity contribution in [3.63, 3.8) is 0 Å². The molecule has 1 saturated heterocycles. The van der Waals surface area contributed by atoms with E-state index in [0.717, 1.165) is 5.01 Å². The van der Waals surface area contributed by atoms with Crippen molar-refractivity contribution in [3.8, 4) is 0 Å². The lowest BCUT2D eigenvalue weighted by atomic mass is 10.1. The Kier molecular flexibility index (Phi) is 4.52. The largest absolute Gasteiger partial charge is 0.311 e. The highest BCUT2D eigenvalue weighted by atomic mass is 35.5. The Morgan fingerprint density at radius 3 is 2.61 bits per heavy atom. The Bertz CT molecular complexity index is 760. The van der Waals surface area contributed by atoms with Crippen LogP contribution in [0.2, 0.25) is 10.0 Å². The van der Waals surface area contributed by atoms with Crippen LogP contribution in [0.15, 0.2) is 18.2 Å². The van der Waals surface area contributed by atoms with Gasteiger partial charge >= 0.3 is 0 Å². The molecule has 6 nitrogen and oxygen atoms in total. The number of benzene rings is 1. The quantitative estimate of drug-likeness (QED) is 0.900. The summed E-state index contributed by atoms with van der Waals surface area (Å²) in [7, 11) is 0. The third-order valence-electron chi connectivity index (χ3n) is 3.41. The Morgan fingerprint density at radius 1 is 1.30 bits per heavy atom. The Morgan fingerprint density at radius 2 is 2.00 bits per heavy atom. The number of amides is 2. The third-order valence-corrected chi connectivity index (χ3v) is 4.60. The minimum atomic E-state index is -0.454. The predicted octanol–water partition coefficient (Wildman–Crippen LogP) is 3.14. The van der Waals surface area contributed by atoms with Gasteiger partial charge in [-0.25, -0.2) is 0 Å². The maximum absolute atomic E-state index is 12.3.